The van der Waals surface area contributed by atoms with E-state index >= 15 is 0 Å². The molecule has 1 unspecified atom stereocenters. The highest BCUT2D eigenvalue weighted by Gasteiger charge is 2.43. The third-order valence-corrected chi connectivity index (χ3v) is 4.74. The molecule has 2 N–H and O–H groups in total. The molecule has 0 radical (unpaired) electrons. The van der Waals surface area contributed by atoms with Gasteiger partial charge in [-0.2, -0.15) is 0 Å². The topological polar surface area (TPSA) is 41.6 Å². The first kappa shape index (κ1) is 12.8. The number of halogens is 1. The molecule has 3 nitrogen and oxygen atoms in total. The van der Waals surface area contributed by atoms with Crippen LogP contribution in [0.1, 0.15) is 38.2 Å². The smallest absolute Gasteiger partial charge is 0.192 e. The van der Waals surface area contributed by atoms with Gasteiger partial charge in [-0.25, -0.2) is 0 Å². The molecule has 102 valence electrons. The average molecular weight is 278 g/mol. The van der Waals surface area contributed by atoms with E-state index in [1.807, 2.05) is 12.1 Å². The van der Waals surface area contributed by atoms with Crippen molar-refractivity contribution in [3.05, 3.63) is 34.9 Å². The Bertz CT molecular complexity index is 491. The van der Waals surface area contributed by atoms with Crippen molar-refractivity contribution in [1.82, 2.24) is 4.90 Å². The minimum absolute atomic E-state index is 0.121. The van der Waals surface area contributed by atoms with Gasteiger partial charge in [-0.3, -0.25) is 4.99 Å². The standard InChI is InChI=1S/C15H20ClN3/c1-15(11-6-8-12(16)9-7-11)10-18-14(17)19(15)13-4-2-3-5-13/h6-9,13H,2-5,10H2,1H3,(H2,17,18). The minimum atomic E-state index is -0.121. The second-order valence-corrected chi connectivity index (χ2v) is 6.20. The van der Waals surface area contributed by atoms with Crippen LogP contribution >= 0.6 is 11.6 Å². The third-order valence-electron chi connectivity index (χ3n) is 4.48. The van der Waals surface area contributed by atoms with Gasteiger partial charge in [0, 0.05) is 11.1 Å². The number of hydrogen-bond donors (Lipinski definition) is 1. The van der Waals surface area contributed by atoms with E-state index in [0.29, 0.717) is 12.0 Å². The molecule has 0 bridgehead atoms. The van der Waals surface area contributed by atoms with Crippen LogP contribution in [0.25, 0.3) is 0 Å². The maximum Gasteiger partial charge on any atom is 0.192 e. The quantitative estimate of drug-likeness (QED) is 0.902. The number of rotatable bonds is 2. The van der Waals surface area contributed by atoms with Gasteiger partial charge in [-0.05, 0) is 37.5 Å². The highest BCUT2D eigenvalue weighted by Crippen LogP contribution is 2.38. The van der Waals surface area contributed by atoms with Crippen molar-refractivity contribution in [3.63, 3.8) is 0 Å². The Balaban J connectivity index is 1.95. The fourth-order valence-electron chi connectivity index (χ4n) is 3.43. The van der Waals surface area contributed by atoms with Crippen molar-refractivity contribution in [2.75, 3.05) is 6.54 Å². The van der Waals surface area contributed by atoms with Gasteiger partial charge in [0.2, 0.25) is 0 Å². The molecule has 1 atom stereocenters. The Morgan fingerprint density at radius 1 is 1.26 bits per heavy atom. The zero-order valence-corrected chi connectivity index (χ0v) is 12.0. The summed E-state index contributed by atoms with van der Waals surface area (Å²) >= 11 is 5.99. The number of nitrogens with zero attached hydrogens (tertiary/aromatic N) is 2. The van der Waals surface area contributed by atoms with E-state index < -0.39 is 0 Å². The molecule has 0 spiro atoms. The molecule has 1 aromatic carbocycles. The molecular weight excluding hydrogens is 258 g/mol. The van der Waals surface area contributed by atoms with Crippen LogP contribution in [0.15, 0.2) is 29.3 Å². The number of nitrogens with two attached hydrogens (primary N) is 1. The van der Waals surface area contributed by atoms with E-state index in [1.54, 1.807) is 0 Å². The van der Waals surface area contributed by atoms with E-state index in [4.69, 9.17) is 17.3 Å². The first-order chi connectivity index (χ1) is 9.11. The SMILES string of the molecule is CC1(c2ccc(Cl)cc2)CN=C(N)N1C1CCCC1. The molecule has 1 saturated carbocycles. The van der Waals surface area contributed by atoms with Gasteiger partial charge in [0.1, 0.15) is 0 Å². The van der Waals surface area contributed by atoms with Gasteiger partial charge in [0.15, 0.2) is 5.96 Å². The van der Waals surface area contributed by atoms with Gasteiger partial charge in [-0.1, -0.05) is 36.6 Å². The molecule has 1 aromatic rings. The van der Waals surface area contributed by atoms with Crippen LogP contribution in [0.4, 0.5) is 0 Å². The highest BCUT2D eigenvalue weighted by atomic mass is 35.5. The summed E-state index contributed by atoms with van der Waals surface area (Å²) in [6.45, 7) is 2.97. The summed E-state index contributed by atoms with van der Waals surface area (Å²) in [4.78, 5) is 6.84. The zero-order chi connectivity index (χ0) is 13.5. The summed E-state index contributed by atoms with van der Waals surface area (Å²) in [5.74, 6) is 0.698. The lowest BCUT2D eigenvalue weighted by atomic mass is 9.89. The number of aliphatic imine (C=N–C) groups is 1. The van der Waals surface area contributed by atoms with Crippen LogP contribution in [0.3, 0.4) is 0 Å². The van der Waals surface area contributed by atoms with Crippen molar-refractivity contribution in [2.24, 2.45) is 10.7 Å². The van der Waals surface area contributed by atoms with Crippen LogP contribution < -0.4 is 5.73 Å². The number of hydrogen-bond acceptors (Lipinski definition) is 3. The molecule has 0 amide bonds. The fourth-order valence-corrected chi connectivity index (χ4v) is 3.56. The summed E-state index contributed by atoms with van der Waals surface area (Å²) in [5, 5.41) is 0.770. The normalized spacial score (nSPS) is 27.9. The predicted molar refractivity (Wildman–Crippen MR) is 79.4 cm³/mol. The molecule has 1 fully saturated rings. The second kappa shape index (κ2) is 4.71. The van der Waals surface area contributed by atoms with Crippen LogP contribution in [0.5, 0.6) is 0 Å². The van der Waals surface area contributed by atoms with E-state index in [2.05, 4.69) is 28.9 Å². The number of guanidine groups is 1. The van der Waals surface area contributed by atoms with Crippen molar-refractivity contribution in [1.29, 1.82) is 0 Å². The highest BCUT2D eigenvalue weighted by molar-refractivity contribution is 6.30. The van der Waals surface area contributed by atoms with Crippen molar-refractivity contribution < 1.29 is 0 Å². The van der Waals surface area contributed by atoms with Gasteiger partial charge < -0.3 is 10.6 Å². The van der Waals surface area contributed by atoms with Gasteiger partial charge in [0.25, 0.3) is 0 Å². The summed E-state index contributed by atoms with van der Waals surface area (Å²) in [7, 11) is 0. The molecule has 0 aromatic heterocycles. The minimum Gasteiger partial charge on any atom is -0.370 e. The Hall–Kier alpha value is -1.22. The summed E-state index contributed by atoms with van der Waals surface area (Å²) < 4.78 is 0. The monoisotopic (exact) mass is 277 g/mol. The number of benzene rings is 1. The average Bonchev–Trinajstić information content (AvgIpc) is 2.99. The molecule has 3 rings (SSSR count). The van der Waals surface area contributed by atoms with Gasteiger partial charge >= 0.3 is 0 Å². The van der Waals surface area contributed by atoms with Gasteiger partial charge in [-0.15, -0.1) is 0 Å². The van der Waals surface area contributed by atoms with Gasteiger partial charge in [0.05, 0.1) is 12.1 Å². The summed E-state index contributed by atoms with van der Waals surface area (Å²) in [5.41, 5.74) is 7.27. The Labute approximate surface area is 119 Å². The summed E-state index contributed by atoms with van der Waals surface area (Å²) in [6, 6.07) is 8.62. The van der Waals surface area contributed by atoms with Crippen molar-refractivity contribution >= 4 is 17.6 Å². The molecular formula is C15H20ClN3. The van der Waals surface area contributed by atoms with Crippen molar-refractivity contribution in [3.8, 4) is 0 Å². The Morgan fingerprint density at radius 3 is 2.53 bits per heavy atom. The lowest BCUT2D eigenvalue weighted by molar-refractivity contribution is 0.167. The Morgan fingerprint density at radius 2 is 1.89 bits per heavy atom. The lowest BCUT2D eigenvalue weighted by Crippen LogP contribution is -2.52. The van der Waals surface area contributed by atoms with Crippen molar-refractivity contribution in [2.45, 2.75) is 44.2 Å². The lowest BCUT2D eigenvalue weighted by Gasteiger charge is -2.41. The largest absolute Gasteiger partial charge is 0.370 e. The van der Waals surface area contributed by atoms with Crippen LogP contribution in [0.2, 0.25) is 5.02 Å². The fraction of sp³-hybridized carbons (Fsp3) is 0.533. The van der Waals surface area contributed by atoms with Crippen LogP contribution in [-0.2, 0) is 5.54 Å². The zero-order valence-electron chi connectivity index (χ0n) is 11.3. The van der Waals surface area contributed by atoms with E-state index in [9.17, 15) is 0 Å². The molecule has 1 heterocycles. The van der Waals surface area contributed by atoms with E-state index in [1.165, 1.54) is 31.2 Å². The second-order valence-electron chi connectivity index (χ2n) is 5.76. The maximum atomic E-state index is 6.15. The third kappa shape index (κ3) is 2.10. The first-order valence-electron chi connectivity index (χ1n) is 6.96. The summed E-state index contributed by atoms with van der Waals surface area (Å²) in [6.07, 6.45) is 5.04. The van der Waals surface area contributed by atoms with Crippen LogP contribution in [-0.4, -0.2) is 23.4 Å². The molecule has 2 aliphatic rings. The molecule has 0 saturated heterocycles. The molecule has 19 heavy (non-hydrogen) atoms. The van der Waals surface area contributed by atoms with E-state index in [-0.39, 0.29) is 5.54 Å². The molecule has 4 heteroatoms. The maximum absolute atomic E-state index is 6.15. The first-order valence-corrected chi connectivity index (χ1v) is 7.34. The molecule has 1 aliphatic heterocycles. The van der Waals surface area contributed by atoms with Crippen LogP contribution in [0, 0.1) is 0 Å². The predicted octanol–water partition coefficient (Wildman–Crippen LogP) is 3.13. The van der Waals surface area contributed by atoms with E-state index in [0.717, 1.165) is 11.6 Å². The Kier molecular flexibility index (Phi) is 3.17. The molecule has 1 aliphatic carbocycles.